The molecule has 2 fully saturated rings. The van der Waals surface area contributed by atoms with Gasteiger partial charge in [0, 0.05) is 65.1 Å². The molecule has 148 valence electrons. The molecule has 0 amide bonds. The maximum Gasteiger partial charge on any atom is 0.194 e. The normalized spacial score (nSPS) is 18.7. The molecule has 1 saturated heterocycles. The van der Waals surface area contributed by atoms with Crippen LogP contribution in [0.2, 0.25) is 0 Å². The van der Waals surface area contributed by atoms with Gasteiger partial charge >= 0.3 is 0 Å². The Labute approximate surface area is 173 Å². The fourth-order valence-electron chi connectivity index (χ4n) is 2.98. The molecule has 0 radical (unpaired) electrons. The van der Waals surface area contributed by atoms with Crippen LogP contribution >= 0.6 is 24.0 Å². The summed E-state index contributed by atoms with van der Waals surface area (Å²) in [6.45, 7) is 10.5. The van der Waals surface area contributed by atoms with E-state index in [0.29, 0.717) is 0 Å². The Bertz CT molecular complexity index is 514. The lowest BCUT2D eigenvalue weighted by atomic mass is 10.3. The molecule has 26 heavy (non-hydrogen) atoms. The number of ether oxygens (including phenoxy) is 1. The highest BCUT2D eigenvalue weighted by molar-refractivity contribution is 14.0. The Morgan fingerprint density at radius 1 is 1.35 bits per heavy atom. The second-order valence-corrected chi connectivity index (χ2v) is 6.86. The quantitative estimate of drug-likeness (QED) is 0.255. The summed E-state index contributed by atoms with van der Waals surface area (Å²) in [5.74, 6) is 1.88. The van der Waals surface area contributed by atoms with Gasteiger partial charge in [-0.3, -0.25) is 9.89 Å². The van der Waals surface area contributed by atoms with Gasteiger partial charge in [0.15, 0.2) is 5.96 Å². The molecule has 0 unspecified atom stereocenters. The van der Waals surface area contributed by atoms with Crippen molar-refractivity contribution in [3.8, 4) is 0 Å². The van der Waals surface area contributed by atoms with Crippen molar-refractivity contribution in [3.05, 3.63) is 18.0 Å². The largest absolute Gasteiger partial charge is 0.381 e. The van der Waals surface area contributed by atoms with Gasteiger partial charge in [-0.2, -0.15) is 0 Å². The van der Waals surface area contributed by atoms with Crippen molar-refractivity contribution in [2.45, 2.75) is 32.7 Å². The second-order valence-electron chi connectivity index (χ2n) is 6.86. The maximum atomic E-state index is 5.69. The number of nitrogens with one attached hydrogen (secondary N) is 1. The molecule has 1 saturated carbocycles. The summed E-state index contributed by atoms with van der Waals surface area (Å²) in [6.07, 6.45) is 5.33. The first-order valence-electron chi connectivity index (χ1n) is 9.57. The summed E-state index contributed by atoms with van der Waals surface area (Å²) in [5, 5.41) is 7.42. The van der Waals surface area contributed by atoms with E-state index in [1.54, 1.807) is 6.26 Å². The molecule has 8 heteroatoms. The van der Waals surface area contributed by atoms with Crippen LogP contribution in [-0.4, -0.2) is 73.4 Å². The van der Waals surface area contributed by atoms with E-state index >= 15 is 0 Å². The van der Waals surface area contributed by atoms with E-state index in [1.807, 2.05) is 6.07 Å². The van der Waals surface area contributed by atoms with Crippen molar-refractivity contribution in [1.29, 1.82) is 0 Å². The summed E-state index contributed by atoms with van der Waals surface area (Å²) in [4.78, 5) is 9.54. The van der Waals surface area contributed by atoms with Gasteiger partial charge < -0.3 is 19.5 Å². The zero-order valence-corrected chi connectivity index (χ0v) is 18.1. The Morgan fingerprint density at radius 2 is 2.15 bits per heavy atom. The van der Waals surface area contributed by atoms with Crippen molar-refractivity contribution in [2.24, 2.45) is 10.9 Å². The number of piperazine rings is 1. The molecule has 1 aromatic heterocycles. The highest BCUT2D eigenvalue weighted by Gasteiger charge is 2.21. The molecule has 2 aliphatic rings. The fraction of sp³-hybridized carbons (Fsp3) is 0.778. The summed E-state index contributed by atoms with van der Waals surface area (Å²) >= 11 is 0. The SMILES string of the molecule is CCNC(=NCCCOCC1CC1)N1CCN(Cc2ccon2)CC1.I. The maximum absolute atomic E-state index is 5.69. The third-order valence-corrected chi connectivity index (χ3v) is 4.64. The molecule has 0 atom stereocenters. The average Bonchev–Trinajstić information content (AvgIpc) is 3.32. The van der Waals surface area contributed by atoms with E-state index in [2.05, 4.69) is 27.2 Å². The summed E-state index contributed by atoms with van der Waals surface area (Å²) < 4.78 is 10.6. The molecule has 0 aromatic carbocycles. The molecule has 7 nitrogen and oxygen atoms in total. The zero-order valence-electron chi connectivity index (χ0n) is 15.7. The van der Waals surface area contributed by atoms with Gasteiger partial charge in [-0.15, -0.1) is 24.0 Å². The van der Waals surface area contributed by atoms with Crippen LogP contribution in [0.4, 0.5) is 0 Å². The second kappa shape index (κ2) is 11.8. The van der Waals surface area contributed by atoms with Gasteiger partial charge in [0.05, 0.1) is 5.69 Å². The molecule has 1 aliphatic heterocycles. The molecule has 3 rings (SSSR count). The molecule has 2 heterocycles. The van der Waals surface area contributed by atoms with Crippen LogP contribution in [0.5, 0.6) is 0 Å². The highest BCUT2D eigenvalue weighted by Crippen LogP contribution is 2.28. The number of hydrogen-bond donors (Lipinski definition) is 1. The Balaban J connectivity index is 0.00000243. The van der Waals surface area contributed by atoms with Gasteiger partial charge in [0.25, 0.3) is 0 Å². The van der Waals surface area contributed by atoms with Gasteiger partial charge in [0.2, 0.25) is 0 Å². The van der Waals surface area contributed by atoms with Gasteiger partial charge in [-0.1, -0.05) is 5.16 Å². The van der Waals surface area contributed by atoms with Crippen LogP contribution in [0.15, 0.2) is 21.8 Å². The highest BCUT2D eigenvalue weighted by atomic mass is 127. The summed E-state index contributed by atoms with van der Waals surface area (Å²) in [5.41, 5.74) is 1.00. The molecule has 1 aliphatic carbocycles. The number of rotatable bonds is 9. The van der Waals surface area contributed by atoms with E-state index in [-0.39, 0.29) is 24.0 Å². The first-order chi connectivity index (χ1) is 12.3. The molecule has 1 aromatic rings. The number of nitrogens with zero attached hydrogens (tertiary/aromatic N) is 4. The molecule has 1 N–H and O–H groups in total. The van der Waals surface area contributed by atoms with E-state index in [9.17, 15) is 0 Å². The Hall–Kier alpha value is -0.870. The number of aromatic nitrogens is 1. The Kier molecular flexibility index (Phi) is 9.69. The molecular formula is C18H32IN5O2. The van der Waals surface area contributed by atoms with Crippen molar-refractivity contribution in [3.63, 3.8) is 0 Å². The standard InChI is InChI=1S/C18H31N5O2.HI/c1-2-19-18(20-7-3-12-24-15-16-4-5-16)23-10-8-22(9-11-23)14-17-6-13-25-21-17;/h6,13,16H,2-5,7-12,14-15H2,1H3,(H,19,20);1H. The minimum absolute atomic E-state index is 0. The molecule has 0 bridgehead atoms. The summed E-state index contributed by atoms with van der Waals surface area (Å²) in [7, 11) is 0. The van der Waals surface area contributed by atoms with Crippen molar-refractivity contribution >= 4 is 29.9 Å². The van der Waals surface area contributed by atoms with Crippen molar-refractivity contribution in [1.82, 2.24) is 20.3 Å². The first-order valence-corrected chi connectivity index (χ1v) is 9.57. The third-order valence-electron chi connectivity index (χ3n) is 4.64. The zero-order chi connectivity index (χ0) is 17.3. The minimum Gasteiger partial charge on any atom is -0.381 e. The van der Waals surface area contributed by atoms with E-state index in [1.165, 1.54) is 12.8 Å². The number of hydrogen-bond acceptors (Lipinski definition) is 5. The Morgan fingerprint density at radius 3 is 2.81 bits per heavy atom. The first kappa shape index (κ1) is 21.4. The lowest BCUT2D eigenvalue weighted by Gasteiger charge is -2.36. The monoisotopic (exact) mass is 477 g/mol. The molecular weight excluding hydrogens is 445 g/mol. The third kappa shape index (κ3) is 7.40. The van der Waals surface area contributed by atoms with Gasteiger partial charge in [-0.25, -0.2) is 0 Å². The smallest absolute Gasteiger partial charge is 0.194 e. The average molecular weight is 477 g/mol. The van der Waals surface area contributed by atoms with Crippen LogP contribution in [0, 0.1) is 5.92 Å². The fourth-order valence-corrected chi connectivity index (χ4v) is 2.98. The van der Waals surface area contributed by atoms with E-state index < -0.39 is 0 Å². The lowest BCUT2D eigenvalue weighted by Crippen LogP contribution is -2.52. The van der Waals surface area contributed by atoms with Crippen LogP contribution in [-0.2, 0) is 11.3 Å². The van der Waals surface area contributed by atoms with E-state index in [4.69, 9.17) is 14.3 Å². The predicted octanol–water partition coefficient (Wildman–Crippen LogP) is 2.19. The van der Waals surface area contributed by atoms with Crippen molar-refractivity contribution < 1.29 is 9.26 Å². The van der Waals surface area contributed by atoms with Crippen LogP contribution in [0.3, 0.4) is 0 Å². The number of aliphatic imine (C=N–C) groups is 1. The summed E-state index contributed by atoms with van der Waals surface area (Å²) in [6, 6.07) is 1.93. The number of guanidine groups is 1. The van der Waals surface area contributed by atoms with Crippen LogP contribution in [0.25, 0.3) is 0 Å². The molecule has 0 spiro atoms. The van der Waals surface area contributed by atoms with E-state index in [0.717, 1.165) is 83.0 Å². The topological polar surface area (TPSA) is 66.1 Å². The number of halogens is 1. The lowest BCUT2D eigenvalue weighted by molar-refractivity contribution is 0.123. The predicted molar refractivity (Wildman–Crippen MR) is 113 cm³/mol. The van der Waals surface area contributed by atoms with Gasteiger partial charge in [0.1, 0.15) is 6.26 Å². The van der Waals surface area contributed by atoms with Crippen LogP contribution in [0.1, 0.15) is 31.9 Å². The van der Waals surface area contributed by atoms with Gasteiger partial charge in [-0.05, 0) is 32.1 Å². The van der Waals surface area contributed by atoms with Crippen molar-refractivity contribution in [2.75, 3.05) is 52.5 Å². The minimum atomic E-state index is 0. The van der Waals surface area contributed by atoms with Crippen LogP contribution < -0.4 is 5.32 Å².